The van der Waals surface area contributed by atoms with E-state index in [4.69, 9.17) is 0 Å². The summed E-state index contributed by atoms with van der Waals surface area (Å²) in [5, 5.41) is 1.71. The maximum Gasteiger partial charge on any atom is 0.285 e. The molecule has 0 bridgehead atoms. The Balaban J connectivity index is 1.92. The summed E-state index contributed by atoms with van der Waals surface area (Å²) in [4.78, 5) is 12.7. The highest BCUT2D eigenvalue weighted by Gasteiger charge is 2.14. The molecular formula is C18H16N2O3S2. The Hall–Kier alpha value is -2.51. The molecule has 7 heteroatoms. The zero-order valence-electron chi connectivity index (χ0n) is 13.5. The fourth-order valence-corrected chi connectivity index (χ4v) is 4.18. The lowest BCUT2D eigenvalue weighted by atomic mass is 10.1. The Morgan fingerprint density at radius 1 is 1.08 bits per heavy atom. The number of ketones is 1. The number of thiazole rings is 1. The fourth-order valence-electron chi connectivity index (χ4n) is 2.23. The highest BCUT2D eigenvalue weighted by Crippen LogP contribution is 2.13. The molecule has 2 aromatic carbocycles. The topological polar surface area (TPSA) is 68.5 Å². The molecule has 128 valence electrons. The minimum Gasteiger partial charge on any atom is -0.315 e. The lowest BCUT2D eigenvalue weighted by Crippen LogP contribution is -2.21. The average Bonchev–Trinajstić information content (AvgIpc) is 3.02. The largest absolute Gasteiger partial charge is 0.315 e. The number of hydrogen-bond acceptors (Lipinski definition) is 4. The van der Waals surface area contributed by atoms with Gasteiger partial charge in [0.15, 0.2) is 5.78 Å². The van der Waals surface area contributed by atoms with Gasteiger partial charge in [0, 0.05) is 17.1 Å². The van der Waals surface area contributed by atoms with E-state index in [9.17, 15) is 13.2 Å². The maximum atomic E-state index is 12.5. The number of hydrogen-bond donors (Lipinski definition) is 0. The molecule has 0 unspecified atom stereocenters. The van der Waals surface area contributed by atoms with Gasteiger partial charge in [-0.25, -0.2) is 0 Å². The second kappa shape index (κ2) is 7.16. The Kier molecular flexibility index (Phi) is 4.96. The molecule has 0 N–H and O–H groups in total. The van der Waals surface area contributed by atoms with E-state index in [0.29, 0.717) is 5.56 Å². The number of Topliss-reactive ketones (excluding diaryl/α,β-unsaturated/α-hetero) is 1. The van der Waals surface area contributed by atoms with Crippen LogP contribution in [0.3, 0.4) is 0 Å². The van der Waals surface area contributed by atoms with Crippen LogP contribution in [0, 0.1) is 6.92 Å². The molecule has 0 radical (unpaired) electrons. The number of rotatable bonds is 5. The molecule has 1 heterocycles. The van der Waals surface area contributed by atoms with Crippen molar-refractivity contribution in [3.63, 3.8) is 0 Å². The van der Waals surface area contributed by atoms with Crippen molar-refractivity contribution in [2.24, 2.45) is 4.40 Å². The van der Waals surface area contributed by atoms with Gasteiger partial charge in [-0.1, -0.05) is 48.0 Å². The number of aryl methyl sites for hydroxylation is 1. The van der Waals surface area contributed by atoms with Crippen LogP contribution < -0.4 is 4.80 Å². The summed E-state index contributed by atoms with van der Waals surface area (Å²) in [7, 11) is -3.82. The Bertz CT molecular complexity index is 1050. The highest BCUT2D eigenvalue weighted by molar-refractivity contribution is 7.90. The molecule has 0 saturated carbocycles. The third kappa shape index (κ3) is 4.12. The zero-order chi connectivity index (χ0) is 17.9. The molecule has 0 atom stereocenters. The quantitative estimate of drug-likeness (QED) is 0.647. The van der Waals surface area contributed by atoms with Crippen LogP contribution in [0.1, 0.15) is 15.9 Å². The summed E-state index contributed by atoms with van der Waals surface area (Å²) in [6, 6.07) is 15.4. The number of nitrogens with zero attached hydrogens (tertiary/aromatic N) is 2. The average molecular weight is 372 g/mol. The van der Waals surface area contributed by atoms with Crippen LogP contribution in [-0.4, -0.2) is 18.8 Å². The van der Waals surface area contributed by atoms with Crippen molar-refractivity contribution in [1.29, 1.82) is 0 Å². The van der Waals surface area contributed by atoms with E-state index in [2.05, 4.69) is 4.40 Å². The van der Waals surface area contributed by atoms with E-state index < -0.39 is 10.0 Å². The van der Waals surface area contributed by atoms with Crippen LogP contribution in [0.15, 0.2) is 75.5 Å². The van der Waals surface area contributed by atoms with Crippen molar-refractivity contribution >= 4 is 27.1 Å². The predicted octanol–water partition coefficient (Wildman–Crippen LogP) is 3.03. The molecule has 1 aromatic heterocycles. The van der Waals surface area contributed by atoms with Crippen molar-refractivity contribution in [2.45, 2.75) is 18.4 Å². The number of aromatic nitrogens is 1. The van der Waals surface area contributed by atoms with Crippen LogP contribution in [0.4, 0.5) is 0 Å². The minimum atomic E-state index is -3.82. The first-order valence-electron chi connectivity index (χ1n) is 7.55. The Morgan fingerprint density at radius 2 is 1.76 bits per heavy atom. The normalized spacial score (nSPS) is 12.3. The standard InChI is InChI=1S/C18H16N2O3S2/c1-14-7-9-16(10-8-14)25(22,23)19-18-20(11-12-24-18)13-17(21)15-5-3-2-4-6-15/h2-12H,13H2,1H3. The van der Waals surface area contributed by atoms with Gasteiger partial charge in [0.05, 0.1) is 11.4 Å². The molecular weight excluding hydrogens is 356 g/mol. The number of carbonyl (C=O) groups excluding carboxylic acids is 1. The summed E-state index contributed by atoms with van der Waals surface area (Å²) in [6.45, 7) is 1.92. The minimum absolute atomic E-state index is 0.0375. The van der Waals surface area contributed by atoms with Gasteiger partial charge in [0.2, 0.25) is 4.80 Å². The lowest BCUT2D eigenvalue weighted by Gasteiger charge is -2.03. The van der Waals surface area contributed by atoms with Gasteiger partial charge in [0.25, 0.3) is 10.0 Å². The molecule has 0 amide bonds. The van der Waals surface area contributed by atoms with Crippen LogP contribution in [0.2, 0.25) is 0 Å². The van der Waals surface area contributed by atoms with E-state index >= 15 is 0 Å². The fraction of sp³-hybridized carbons (Fsp3) is 0.111. The van der Waals surface area contributed by atoms with Crippen LogP contribution >= 0.6 is 11.3 Å². The third-order valence-corrected chi connectivity index (χ3v) is 5.78. The van der Waals surface area contributed by atoms with Crippen molar-refractivity contribution in [2.75, 3.05) is 0 Å². The van der Waals surface area contributed by atoms with Crippen molar-refractivity contribution in [3.8, 4) is 0 Å². The second-order valence-corrected chi connectivity index (χ2v) is 7.96. The van der Waals surface area contributed by atoms with Gasteiger partial charge in [0.1, 0.15) is 0 Å². The van der Waals surface area contributed by atoms with Crippen LogP contribution in [0.25, 0.3) is 0 Å². The SMILES string of the molecule is Cc1ccc(S(=O)(=O)N=c2sccn2CC(=O)c2ccccc2)cc1. The molecule has 0 saturated heterocycles. The number of carbonyl (C=O) groups is 1. The van der Waals surface area contributed by atoms with Crippen molar-refractivity contribution < 1.29 is 13.2 Å². The van der Waals surface area contributed by atoms with E-state index in [0.717, 1.165) is 5.56 Å². The highest BCUT2D eigenvalue weighted by atomic mass is 32.2. The van der Waals surface area contributed by atoms with E-state index in [1.165, 1.54) is 23.5 Å². The Labute approximate surface area is 150 Å². The first kappa shape index (κ1) is 17.3. The van der Waals surface area contributed by atoms with Crippen molar-refractivity contribution in [3.05, 3.63) is 82.1 Å². The van der Waals surface area contributed by atoms with Gasteiger partial charge >= 0.3 is 0 Å². The second-order valence-electron chi connectivity index (χ2n) is 5.48. The molecule has 25 heavy (non-hydrogen) atoms. The van der Waals surface area contributed by atoms with E-state index in [1.807, 2.05) is 13.0 Å². The summed E-state index contributed by atoms with van der Waals surface area (Å²) in [5.41, 5.74) is 1.55. The van der Waals surface area contributed by atoms with Gasteiger partial charge in [-0.2, -0.15) is 8.42 Å². The summed E-state index contributed by atoms with van der Waals surface area (Å²) < 4.78 is 30.4. The smallest absolute Gasteiger partial charge is 0.285 e. The summed E-state index contributed by atoms with van der Waals surface area (Å²) in [6.07, 6.45) is 1.66. The molecule has 0 aliphatic rings. The molecule has 0 aliphatic heterocycles. The molecule has 3 rings (SSSR count). The first-order valence-corrected chi connectivity index (χ1v) is 9.87. The first-order chi connectivity index (χ1) is 12.0. The molecule has 0 fully saturated rings. The molecule has 0 aliphatic carbocycles. The van der Waals surface area contributed by atoms with Gasteiger partial charge < -0.3 is 4.57 Å². The number of benzene rings is 2. The third-order valence-electron chi connectivity index (χ3n) is 3.59. The monoisotopic (exact) mass is 372 g/mol. The van der Waals surface area contributed by atoms with Crippen molar-refractivity contribution in [1.82, 2.24) is 4.57 Å². The predicted molar refractivity (Wildman–Crippen MR) is 97.0 cm³/mol. The van der Waals surface area contributed by atoms with E-state index in [-0.39, 0.29) is 22.0 Å². The number of sulfonamides is 1. The summed E-state index contributed by atoms with van der Waals surface area (Å²) >= 11 is 1.18. The van der Waals surface area contributed by atoms with Gasteiger partial charge in [-0.3, -0.25) is 4.79 Å². The van der Waals surface area contributed by atoms with Gasteiger partial charge in [-0.05, 0) is 19.1 Å². The van der Waals surface area contributed by atoms with E-state index in [1.54, 1.807) is 52.5 Å². The maximum absolute atomic E-state index is 12.5. The summed E-state index contributed by atoms with van der Waals surface area (Å²) in [5.74, 6) is -0.104. The molecule has 5 nitrogen and oxygen atoms in total. The van der Waals surface area contributed by atoms with Gasteiger partial charge in [-0.15, -0.1) is 15.7 Å². The lowest BCUT2D eigenvalue weighted by molar-refractivity contribution is 0.0971. The van der Waals surface area contributed by atoms with Crippen LogP contribution in [-0.2, 0) is 16.6 Å². The Morgan fingerprint density at radius 3 is 2.44 bits per heavy atom. The molecule has 3 aromatic rings. The van der Waals surface area contributed by atoms with Crippen LogP contribution in [0.5, 0.6) is 0 Å². The molecule has 0 spiro atoms. The zero-order valence-corrected chi connectivity index (χ0v) is 15.1.